The number of carbonyl (C=O) groups excluding carboxylic acids is 2. The fraction of sp³-hybridized carbons (Fsp3) is 0.100. The summed E-state index contributed by atoms with van der Waals surface area (Å²) in [6.07, 6.45) is 8.77. The molecule has 2 N–H and O–H groups in total. The topological polar surface area (TPSA) is 107 Å². The number of carbonyl (C=O) groups is 2. The molecule has 110 heavy (non-hydrogen) atoms. The summed E-state index contributed by atoms with van der Waals surface area (Å²) in [5.74, 6) is -0.125. The van der Waals surface area contributed by atoms with Crippen LogP contribution in [-0.2, 0) is 62.6 Å². The van der Waals surface area contributed by atoms with E-state index in [4.69, 9.17) is 15.2 Å². The first-order valence-corrected chi connectivity index (χ1v) is 36.5. The van der Waals surface area contributed by atoms with Crippen molar-refractivity contribution in [3.8, 4) is 22.5 Å². The normalized spacial score (nSPS) is 11.1. The predicted octanol–water partition coefficient (Wildman–Crippen LogP) is 26.6. The van der Waals surface area contributed by atoms with Gasteiger partial charge < -0.3 is 20.0 Å². The Hall–Kier alpha value is -12.0. The van der Waals surface area contributed by atoms with Crippen molar-refractivity contribution in [2.45, 2.75) is 68.2 Å². The van der Waals surface area contributed by atoms with Gasteiger partial charge in [-0.3, -0.25) is 19.6 Å². The minimum absolute atomic E-state index is 0. The van der Waals surface area contributed by atoms with Crippen molar-refractivity contribution in [3.05, 3.63) is 385 Å². The van der Waals surface area contributed by atoms with Gasteiger partial charge in [0.2, 0.25) is 0 Å². The predicted molar refractivity (Wildman–Crippen MR) is 456 cm³/mol. The molecule has 2 radical (unpaired) electrons. The van der Waals surface area contributed by atoms with Gasteiger partial charge in [-0.1, -0.05) is 246 Å². The van der Waals surface area contributed by atoms with Crippen LogP contribution in [0.2, 0.25) is 0 Å². The van der Waals surface area contributed by atoms with Gasteiger partial charge in [-0.25, -0.2) is 0 Å². The molecule has 2 heterocycles. The van der Waals surface area contributed by atoms with Crippen LogP contribution in [0.15, 0.2) is 339 Å². The first kappa shape index (κ1) is 80.5. The maximum Gasteiger partial charge on any atom is 0.155 e. The zero-order valence-electron chi connectivity index (χ0n) is 62.9. The Morgan fingerprint density at radius 3 is 1.01 bits per heavy atom. The van der Waals surface area contributed by atoms with Gasteiger partial charge in [0, 0.05) is 86.5 Å². The van der Waals surface area contributed by atoms with Crippen LogP contribution < -0.4 is 9.80 Å². The van der Waals surface area contributed by atoms with Crippen molar-refractivity contribution in [3.63, 3.8) is 0 Å². The van der Waals surface area contributed by atoms with Gasteiger partial charge in [0.25, 0.3) is 0 Å². The molecule has 8 nitrogen and oxygen atoms in total. The number of para-hydroxylation sites is 2. The SMILES string of the molecule is C(=C\c1ccc(N(c2ccc3ccccc3c2)c2ccc3ccccc3c2)cc1)/c1ccc(N(c2ccc3ccccc3c2)c2ccc3ccccc3c2)cc1.CC(=O)C=C(C)O.CC(=O)C=C(C)O.CCc1[c-]c(-c2ccc3ccccc3n2)cc(CC)c1.Cc1c[c-]c(-c2ccc3ccccc3n2)cc1C.[Ir].[Ir]. The third-order valence-electron chi connectivity index (χ3n) is 18.5. The van der Waals surface area contributed by atoms with E-state index in [2.05, 4.69) is 346 Å². The van der Waals surface area contributed by atoms with E-state index in [0.717, 1.165) is 91.6 Å². The number of aliphatic hydroxyl groups excluding tert-OH is 2. The number of fused-ring (bicyclic) bond motifs is 6. The van der Waals surface area contributed by atoms with E-state index in [9.17, 15) is 9.59 Å². The van der Waals surface area contributed by atoms with Crippen LogP contribution in [0.5, 0.6) is 0 Å². The molecule has 16 aromatic rings. The monoisotopic (exact) mass is 1790 g/mol. The molecule has 0 aliphatic rings. The molecule has 16 rings (SSSR count). The van der Waals surface area contributed by atoms with Crippen molar-refractivity contribution in [1.82, 2.24) is 9.97 Å². The standard InChI is InChI=1S/C54H38N2.C19H18N.C17H14N.2C5H8O2.2Ir/c1-5-13-45-35-51(31-23-41(45)9-1)55(52-32-24-42-10-2-6-14-46(42)36-52)49-27-19-39(20-28-49)17-18-40-21-29-50(30-22-40)56(53-33-25-43-11-3-7-15-47(43)37-53)54-34-26-44-12-4-8-16-48(44)38-54;1-3-14-11-15(4-2)13-17(12-14)19-10-9-16-7-5-6-8-18(16)20-19;1-12-7-8-15(11-13(12)2)17-10-9-14-5-3-4-6-16(14)18-17;2*1-4(6)3-5(2)7;;/h1-38H;5-12H,3-4H2,1-2H3;3-7,9-11H,1-2H3;2*3,6H,1-2H3;;/q;2*-1;;;;/b18-17+;;;;;;. The molecule has 0 atom stereocenters. The molecule has 0 saturated carbocycles. The Labute approximate surface area is 672 Å². The number of aromatic nitrogens is 2. The second-order valence-corrected chi connectivity index (χ2v) is 26.7. The second-order valence-electron chi connectivity index (χ2n) is 26.7. The van der Waals surface area contributed by atoms with Crippen LogP contribution in [0, 0.1) is 26.0 Å². The van der Waals surface area contributed by atoms with Crippen LogP contribution in [0.4, 0.5) is 34.1 Å². The number of allylic oxidation sites excluding steroid dienone is 4. The quantitative estimate of drug-likeness (QED) is 0.0480. The minimum Gasteiger partial charge on any atom is -0.512 e. The number of benzene rings is 14. The third kappa shape index (κ3) is 21.2. The number of pyridine rings is 2. The summed E-state index contributed by atoms with van der Waals surface area (Å²) in [6.45, 7) is 14.3. The van der Waals surface area contributed by atoms with E-state index in [-0.39, 0.29) is 63.3 Å². The van der Waals surface area contributed by atoms with E-state index >= 15 is 0 Å². The average molecular weight is 1790 g/mol. The Balaban J connectivity index is 0.000000193. The van der Waals surface area contributed by atoms with Gasteiger partial charge in [0.05, 0.1) is 22.6 Å². The summed E-state index contributed by atoms with van der Waals surface area (Å²) in [4.78, 5) is 34.2. The molecule has 0 saturated heterocycles. The average Bonchev–Trinajstić information content (AvgIpc) is 0.789. The van der Waals surface area contributed by atoms with Crippen molar-refractivity contribution >= 4 is 123 Å². The summed E-state index contributed by atoms with van der Waals surface area (Å²) < 4.78 is 0. The third-order valence-corrected chi connectivity index (χ3v) is 18.5. The van der Waals surface area contributed by atoms with E-state index in [1.54, 1.807) is 0 Å². The Morgan fingerprint density at radius 2 is 0.682 bits per heavy atom. The van der Waals surface area contributed by atoms with Crippen molar-refractivity contribution in [2.24, 2.45) is 0 Å². The number of aliphatic hydroxyl groups is 2. The van der Waals surface area contributed by atoms with Crippen LogP contribution in [0.25, 0.3) is 99.6 Å². The zero-order chi connectivity index (χ0) is 75.5. The number of rotatable bonds is 14. The number of anilines is 6. The molecule has 10 heteroatoms. The van der Waals surface area contributed by atoms with Crippen LogP contribution >= 0.6 is 0 Å². The summed E-state index contributed by atoms with van der Waals surface area (Å²) in [5, 5.41) is 28.9. The summed E-state index contributed by atoms with van der Waals surface area (Å²) in [5.41, 5.74) is 20.4. The molecule has 0 bridgehead atoms. The van der Waals surface area contributed by atoms with E-state index in [0.29, 0.717) is 0 Å². The minimum atomic E-state index is -0.125. The van der Waals surface area contributed by atoms with Crippen molar-refractivity contribution < 1.29 is 60.0 Å². The molecule has 0 amide bonds. The van der Waals surface area contributed by atoms with E-state index in [1.165, 1.54) is 116 Å². The molecule has 2 aromatic heterocycles. The molecule has 0 aliphatic heterocycles. The smallest absolute Gasteiger partial charge is 0.155 e. The van der Waals surface area contributed by atoms with Gasteiger partial charge in [-0.2, -0.15) is 0 Å². The molecule has 0 spiro atoms. The van der Waals surface area contributed by atoms with Crippen molar-refractivity contribution in [1.29, 1.82) is 0 Å². The van der Waals surface area contributed by atoms with E-state index in [1.807, 2.05) is 36.4 Å². The number of ketones is 2. The molecular weight excluding hydrogens is 1710 g/mol. The second kappa shape index (κ2) is 38.7. The molecule has 0 aliphatic carbocycles. The first-order valence-electron chi connectivity index (χ1n) is 36.5. The van der Waals surface area contributed by atoms with Crippen LogP contribution in [0.3, 0.4) is 0 Å². The summed E-state index contributed by atoms with van der Waals surface area (Å²) in [6, 6.07) is 119. The van der Waals surface area contributed by atoms with Gasteiger partial charge in [-0.15, -0.1) is 69.8 Å². The van der Waals surface area contributed by atoms with Gasteiger partial charge >= 0.3 is 0 Å². The Bertz CT molecular complexity index is 5540. The molecule has 550 valence electrons. The van der Waals surface area contributed by atoms with E-state index < -0.39 is 0 Å². The molecule has 0 unspecified atom stereocenters. The molecule has 0 fully saturated rings. The number of aryl methyl sites for hydroxylation is 4. The number of hydrogen-bond acceptors (Lipinski definition) is 8. The number of hydrogen-bond donors (Lipinski definition) is 2. The Morgan fingerprint density at radius 1 is 0.355 bits per heavy atom. The van der Waals surface area contributed by atoms with Crippen molar-refractivity contribution in [2.75, 3.05) is 9.80 Å². The number of nitrogens with zero attached hydrogens (tertiary/aromatic N) is 4. The largest absolute Gasteiger partial charge is 0.512 e. The molecular formula is C100H86Ir2N4O4-2. The Kier molecular flexibility index (Phi) is 28.3. The van der Waals surface area contributed by atoms with Gasteiger partial charge in [0.15, 0.2) is 11.6 Å². The zero-order valence-corrected chi connectivity index (χ0v) is 67.7. The summed E-state index contributed by atoms with van der Waals surface area (Å²) >= 11 is 0. The fourth-order valence-electron chi connectivity index (χ4n) is 12.9. The van der Waals surface area contributed by atoms with Gasteiger partial charge in [-0.05, 0) is 202 Å². The molecule has 14 aromatic carbocycles. The fourth-order valence-corrected chi connectivity index (χ4v) is 12.9. The maximum atomic E-state index is 10.0. The van der Waals surface area contributed by atoms with Crippen LogP contribution in [-0.4, -0.2) is 31.7 Å². The maximum absolute atomic E-state index is 10.0. The van der Waals surface area contributed by atoms with Crippen LogP contribution in [0.1, 0.15) is 74.9 Å². The first-order chi connectivity index (χ1) is 52.5. The van der Waals surface area contributed by atoms with Gasteiger partial charge in [0.1, 0.15) is 0 Å². The summed E-state index contributed by atoms with van der Waals surface area (Å²) in [7, 11) is 0.